The van der Waals surface area contributed by atoms with Crippen molar-refractivity contribution in [1.29, 1.82) is 0 Å². The normalized spacial score (nSPS) is 17.5. The number of nitrogens with zero attached hydrogens (tertiary/aromatic N) is 3. The van der Waals surface area contributed by atoms with E-state index in [1.54, 1.807) is 6.20 Å². The van der Waals surface area contributed by atoms with E-state index >= 15 is 0 Å². The first kappa shape index (κ1) is 18.5. The lowest BCUT2D eigenvalue weighted by Crippen LogP contribution is -2.31. The summed E-state index contributed by atoms with van der Waals surface area (Å²) in [5, 5.41) is 3.20. The van der Waals surface area contributed by atoms with Crippen molar-refractivity contribution in [2.24, 2.45) is 5.73 Å². The summed E-state index contributed by atoms with van der Waals surface area (Å²) in [5.74, 6) is 1.43. The summed E-state index contributed by atoms with van der Waals surface area (Å²) in [4.78, 5) is 22.9. The van der Waals surface area contributed by atoms with Gasteiger partial charge in [-0.3, -0.25) is 4.79 Å². The number of primary amides is 1. The predicted octanol–water partition coefficient (Wildman–Crippen LogP) is 3.63. The molecule has 0 unspecified atom stereocenters. The summed E-state index contributed by atoms with van der Waals surface area (Å²) < 4.78 is 6.00. The van der Waals surface area contributed by atoms with Crippen molar-refractivity contribution in [3.05, 3.63) is 36.2 Å². The van der Waals surface area contributed by atoms with Crippen LogP contribution in [0.4, 0.5) is 17.3 Å². The average Bonchev–Trinajstić information content (AvgIpc) is 3.23. The summed E-state index contributed by atoms with van der Waals surface area (Å²) >= 11 is 0. The molecule has 2 aromatic rings. The largest absolute Gasteiger partial charge is 0.490 e. The van der Waals surface area contributed by atoms with Gasteiger partial charge in [0.1, 0.15) is 11.6 Å². The van der Waals surface area contributed by atoms with Gasteiger partial charge in [-0.15, -0.1) is 0 Å². The molecule has 7 nitrogen and oxygen atoms in total. The Hall–Kier alpha value is -2.83. The SMILES string of the molecule is NC(=O)c1ncc(N2CCCCC2)nc1Nc1ccc(OC2CCCC2)cc1. The molecule has 1 saturated heterocycles. The second-order valence-electron chi connectivity index (χ2n) is 7.51. The van der Waals surface area contributed by atoms with E-state index in [0.717, 1.165) is 56.0 Å². The number of aromatic nitrogens is 2. The fourth-order valence-corrected chi connectivity index (χ4v) is 3.87. The van der Waals surface area contributed by atoms with E-state index in [2.05, 4.69) is 20.2 Å². The molecule has 0 atom stereocenters. The zero-order valence-electron chi connectivity index (χ0n) is 16.1. The number of hydrogen-bond acceptors (Lipinski definition) is 6. The highest BCUT2D eigenvalue weighted by molar-refractivity contribution is 5.96. The molecule has 1 aromatic carbocycles. The van der Waals surface area contributed by atoms with Gasteiger partial charge >= 0.3 is 0 Å². The molecule has 0 bridgehead atoms. The third-order valence-electron chi connectivity index (χ3n) is 5.40. The maximum Gasteiger partial charge on any atom is 0.271 e. The van der Waals surface area contributed by atoms with E-state index in [0.29, 0.717) is 11.9 Å². The van der Waals surface area contributed by atoms with Crippen LogP contribution >= 0.6 is 0 Å². The summed E-state index contributed by atoms with van der Waals surface area (Å²) in [6.45, 7) is 1.91. The first-order valence-electron chi connectivity index (χ1n) is 10.1. The number of nitrogens with one attached hydrogen (secondary N) is 1. The topological polar surface area (TPSA) is 93.4 Å². The fourth-order valence-electron chi connectivity index (χ4n) is 3.87. The summed E-state index contributed by atoms with van der Waals surface area (Å²) in [5.41, 5.74) is 6.45. The molecule has 1 saturated carbocycles. The Labute approximate surface area is 165 Å². The van der Waals surface area contributed by atoms with Gasteiger partial charge in [0.2, 0.25) is 0 Å². The molecule has 28 heavy (non-hydrogen) atoms. The Kier molecular flexibility index (Phi) is 5.60. The zero-order chi connectivity index (χ0) is 19.3. The number of hydrogen-bond donors (Lipinski definition) is 2. The third kappa shape index (κ3) is 4.35. The molecule has 0 spiro atoms. The lowest BCUT2D eigenvalue weighted by molar-refractivity contribution is 0.0996. The van der Waals surface area contributed by atoms with Crippen molar-refractivity contribution in [3.8, 4) is 5.75 Å². The van der Waals surface area contributed by atoms with Crippen molar-refractivity contribution in [3.63, 3.8) is 0 Å². The molecule has 0 radical (unpaired) electrons. The molecule has 1 aliphatic heterocycles. The number of carbonyl (C=O) groups is 1. The van der Waals surface area contributed by atoms with Crippen LogP contribution in [0.25, 0.3) is 0 Å². The minimum Gasteiger partial charge on any atom is -0.490 e. The molecule has 2 heterocycles. The van der Waals surface area contributed by atoms with E-state index in [-0.39, 0.29) is 5.69 Å². The van der Waals surface area contributed by atoms with Gasteiger partial charge in [-0.25, -0.2) is 9.97 Å². The summed E-state index contributed by atoms with van der Waals surface area (Å²) in [6, 6.07) is 7.72. The van der Waals surface area contributed by atoms with Crippen LogP contribution in [-0.2, 0) is 0 Å². The molecule has 1 amide bonds. The van der Waals surface area contributed by atoms with Crippen molar-refractivity contribution < 1.29 is 9.53 Å². The van der Waals surface area contributed by atoms with Crippen molar-refractivity contribution in [2.75, 3.05) is 23.3 Å². The van der Waals surface area contributed by atoms with Crippen LogP contribution in [0.2, 0.25) is 0 Å². The predicted molar refractivity (Wildman–Crippen MR) is 109 cm³/mol. The molecule has 148 valence electrons. The Morgan fingerprint density at radius 1 is 1.07 bits per heavy atom. The van der Waals surface area contributed by atoms with Gasteiger partial charge in [-0.1, -0.05) is 0 Å². The summed E-state index contributed by atoms with van der Waals surface area (Å²) in [7, 11) is 0. The first-order valence-corrected chi connectivity index (χ1v) is 10.1. The van der Waals surface area contributed by atoms with E-state index in [1.807, 2.05) is 24.3 Å². The zero-order valence-corrected chi connectivity index (χ0v) is 16.1. The third-order valence-corrected chi connectivity index (χ3v) is 5.40. The number of anilines is 3. The quantitative estimate of drug-likeness (QED) is 0.794. The lowest BCUT2D eigenvalue weighted by atomic mass is 10.1. The van der Waals surface area contributed by atoms with Crippen LogP contribution in [0.3, 0.4) is 0 Å². The van der Waals surface area contributed by atoms with E-state index in [1.165, 1.54) is 19.3 Å². The van der Waals surface area contributed by atoms with Crippen molar-refractivity contribution >= 4 is 23.2 Å². The maximum absolute atomic E-state index is 11.8. The van der Waals surface area contributed by atoms with E-state index in [4.69, 9.17) is 10.5 Å². The van der Waals surface area contributed by atoms with Crippen molar-refractivity contribution in [1.82, 2.24) is 9.97 Å². The van der Waals surface area contributed by atoms with E-state index < -0.39 is 5.91 Å². The Morgan fingerprint density at radius 3 is 2.46 bits per heavy atom. The molecular formula is C21H27N5O2. The Morgan fingerprint density at radius 2 is 1.79 bits per heavy atom. The second kappa shape index (κ2) is 8.46. The molecular weight excluding hydrogens is 354 g/mol. The van der Waals surface area contributed by atoms with Gasteiger partial charge in [-0.2, -0.15) is 0 Å². The maximum atomic E-state index is 11.8. The van der Waals surface area contributed by atoms with Crippen LogP contribution in [0.5, 0.6) is 5.75 Å². The number of ether oxygens (including phenoxy) is 1. The van der Waals surface area contributed by atoms with Crippen LogP contribution in [0, 0.1) is 0 Å². The number of piperidine rings is 1. The van der Waals surface area contributed by atoms with Gasteiger partial charge in [0.05, 0.1) is 12.3 Å². The number of carbonyl (C=O) groups excluding carboxylic acids is 1. The van der Waals surface area contributed by atoms with Crippen LogP contribution < -0.4 is 20.7 Å². The van der Waals surface area contributed by atoms with Crippen LogP contribution in [-0.4, -0.2) is 35.1 Å². The van der Waals surface area contributed by atoms with Crippen molar-refractivity contribution in [2.45, 2.75) is 51.0 Å². The highest BCUT2D eigenvalue weighted by atomic mass is 16.5. The number of benzene rings is 1. The average molecular weight is 381 g/mol. The minimum absolute atomic E-state index is 0.145. The standard InChI is InChI=1S/C21H27N5O2/c22-20(27)19-21(25-18(14-23-19)26-12-4-1-5-13-26)24-15-8-10-17(11-9-15)28-16-6-2-3-7-16/h8-11,14,16H,1-7,12-13H2,(H2,22,27)(H,24,25). The molecule has 7 heteroatoms. The highest BCUT2D eigenvalue weighted by Crippen LogP contribution is 2.27. The molecule has 2 fully saturated rings. The van der Waals surface area contributed by atoms with Crippen LogP contribution in [0.1, 0.15) is 55.4 Å². The highest BCUT2D eigenvalue weighted by Gasteiger charge is 2.19. The number of nitrogens with two attached hydrogens (primary N) is 1. The molecule has 1 aromatic heterocycles. The smallest absolute Gasteiger partial charge is 0.271 e. The van der Waals surface area contributed by atoms with Gasteiger partial charge in [-0.05, 0) is 69.2 Å². The Balaban J connectivity index is 1.51. The minimum atomic E-state index is -0.596. The number of rotatable bonds is 6. The summed E-state index contributed by atoms with van der Waals surface area (Å²) in [6.07, 6.45) is 10.2. The lowest BCUT2D eigenvalue weighted by Gasteiger charge is -2.27. The van der Waals surface area contributed by atoms with Gasteiger partial charge < -0.3 is 20.7 Å². The number of amides is 1. The van der Waals surface area contributed by atoms with Gasteiger partial charge in [0.15, 0.2) is 11.5 Å². The fraction of sp³-hybridized carbons (Fsp3) is 0.476. The first-order chi connectivity index (χ1) is 13.7. The molecule has 1 aliphatic carbocycles. The monoisotopic (exact) mass is 381 g/mol. The van der Waals surface area contributed by atoms with Crippen LogP contribution in [0.15, 0.2) is 30.5 Å². The molecule has 2 aliphatic rings. The Bertz CT molecular complexity index is 812. The van der Waals surface area contributed by atoms with E-state index in [9.17, 15) is 4.79 Å². The molecule has 3 N–H and O–H groups in total. The van der Waals surface area contributed by atoms with Gasteiger partial charge in [0.25, 0.3) is 5.91 Å². The van der Waals surface area contributed by atoms with Gasteiger partial charge in [0, 0.05) is 18.8 Å². The second-order valence-corrected chi connectivity index (χ2v) is 7.51. The molecule has 4 rings (SSSR count).